The van der Waals surface area contributed by atoms with Crippen LogP contribution in [0.1, 0.15) is 12.8 Å². The summed E-state index contributed by atoms with van der Waals surface area (Å²) in [7, 11) is 1.96. The van der Waals surface area contributed by atoms with Crippen LogP contribution in [-0.2, 0) is 7.05 Å². The first-order chi connectivity index (χ1) is 11.8. The second-order valence-corrected chi connectivity index (χ2v) is 6.28. The maximum Gasteiger partial charge on any atom is 0.165 e. The Morgan fingerprint density at radius 2 is 1.88 bits per heavy atom. The molecule has 1 aliphatic heterocycles. The van der Waals surface area contributed by atoms with Gasteiger partial charge < -0.3 is 14.2 Å². The second kappa shape index (κ2) is 6.47. The lowest BCUT2D eigenvalue weighted by molar-refractivity contribution is 0.223. The number of imidazole rings is 1. The van der Waals surface area contributed by atoms with Crippen LogP contribution < -0.4 is 9.64 Å². The van der Waals surface area contributed by atoms with Crippen LogP contribution in [0.4, 0.5) is 5.82 Å². The summed E-state index contributed by atoms with van der Waals surface area (Å²) >= 11 is 0. The Morgan fingerprint density at radius 3 is 2.67 bits per heavy atom. The zero-order valence-corrected chi connectivity index (χ0v) is 13.8. The minimum atomic E-state index is 0.586. The molecule has 3 heterocycles. The average Bonchev–Trinajstić information content (AvgIpc) is 3.03. The minimum Gasteiger partial charge on any atom is -0.493 e. The number of piperidine rings is 1. The number of benzene rings is 1. The summed E-state index contributed by atoms with van der Waals surface area (Å²) in [4.78, 5) is 15.6. The van der Waals surface area contributed by atoms with Crippen molar-refractivity contribution in [1.82, 2.24) is 19.5 Å². The third-order valence-electron chi connectivity index (χ3n) is 4.62. The first-order valence-electron chi connectivity index (χ1n) is 8.36. The molecule has 0 bridgehead atoms. The molecule has 1 fully saturated rings. The molecule has 6 heteroatoms. The van der Waals surface area contributed by atoms with Gasteiger partial charge in [-0.25, -0.2) is 15.0 Å². The van der Waals surface area contributed by atoms with Gasteiger partial charge in [-0.3, -0.25) is 0 Å². The summed E-state index contributed by atoms with van der Waals surface area (Å²) in [5, 5.41) is 0. The predicted octanol–water partition coefficient (Wildman–Crippen LogP) is 2.66. The smallest absolute Gasteiger partial charge is 0.165 e. The number of para-hydroxylation sites is 1. The van der Waals surface area contributed by atoms with E-state index < -0.39 is 0 Å². The molecule has 1 aliphatic rings. The highest BCUT2D eigenvalue weighted by atomic mass is 16.5. The zero-order chi connectivity index (χ0) is 16.4. The summed E-state index contributed by atoms with van der Waals surface area (Å²) in [6, 6.07) is 10.0. The molecule has 4 rings (SSSR count). The lowest BCUT2D eigenvalue weighted by Crippen LogP contribution is -2.36. The lowest BCUT2D eigenvalue weighted by Gasteiger charge is -2.32. The van der Waals surface area contributed by atoms with Crippen LogP contribution in [0.25, 0.3) is 11.2 Å². The topological polar surface area (TPSA) is 56.1 Å². The van der Waals surface area contributed by atoms with Crippen LogP contribution in [0, 0.1) is 5.92 Å². The van der Waals surface area contributed by atoms with Gasteiger partial charge in [0.05, 0.1) is 12.9 Å². The van der Waals surface area contributed by atoms with Gasteiger partial charge in [0, 0.05) is 20.1 Å². The highest BCUT2D eigenvalue weighted by Crippen LogP contribution is 2.26. The van der Waals surface area contributed by atoms with E-state index in [0.29, 0.717) is 5.92 Å². The minimum absolute atomic E-state index is 0.586. The van der Waals surface area contributed by atoms with E-state index in [2.05, 4.69) is 19.9 Å². The number of fused-ring (bicyclic) bond motifs is 1. The third kappa shape index (κ3) is 2.91. The number of hydrogen-bond acceptors (Lipinski definition) is 5. The largest absolute Gasteiger partial charge is 0.493 e. The van der Waals surface area contributed by atoms with Gasteiger partial charge in [0.25, 0.3) is 0 Å². The molecule has 124 valence electrons. The van der Waals surface area contributed by atoms with Crippen molar-refractivity contribution in [3.63, 3.8) is 0 Å². The van der Waals surface area contributed by atoms with Crippen molar-refractivity contribution < 1.29 is 4.74 Å². The lowest BCUT2D eigenvalue weighted by atomic mass is 9.98. The quantitative estimate of drug-likeness (QED) is 0.739. The van der Waals surface area contributed by atoms with Gasteiger partial charge in [-0.1, -0.05) is 18.2 Å². The van der Waals surface area contributed by atoms with E-state index in [0.717, 1.165) is 55.3 Å². The van der Waals surface area contributed by atoms with E-state index in [1.165, 1.54) is 0 Å². The molecule has 1 aromatic carbocycles. The van der Waals surface area contributed by atoms with E-state index in [1.54, 1.807) is 12.7 Å². The number of anilines is 1. The number of aromatic nitrogens is 4. The Hall–Kier alpha value is -2.63. The summed E-state index contributed by atoms with van der Waals surface area (Å²) in [5.41, 5.74) is 1.77. The SMILES string of the molecule is Cn1cnc2c(N3CCC(COc4ccccc4)CC3)ncnc21. The molecule has 6 nitrogen and oxygen atoms in total. The first kappa shape index (κ1) is 14.9. The van der Waals surface area contributed by atoms with Crippen molar-refractivity contribution in [1.29, 1.82) is 0 Å². The Morgan fingerprint density at radius 1 is 1.08 bits per heavy atom. The molecule has 0 amide bonds. The van der Waals surface area contributed by atoms with Crippen LogP contribution in [0.15, 0.2) is 43.0 Å². The number of ether oxygens (including phenoxy) is 1. The van der Waals surface area contributed by atoms with E-state index in [9.17, 15) is 0 Å². The maximum absolute atomic E-state index is 5.90. The standard InChI is InChI=1S/C18H21N5O/c1-22-13-21-16-17(22)19-12-20-18(16)23-9-7-14(8-10-23)11-24-15-5-3-2-4-6-15/h2-6,12-14H,7-11H2,1H3. The van der Waals surface area contributed by atoms with E-state index in [1.807, 2.05) is 41.9 Å². The molecule has 0 unspecified atom stereocenters. The summed E-state index contributed by atoms with van der Waals surface area (Å²) in [5.74, 6) is 2.48. The summed E-state index contributed by atoms with van der Waals surface area (Å²) in [6.45, 7) is 2.73. The Kier molecular flexibility index (Phi) is 4.02. The molecule has 0 radical (unpaired) electrons. The summed E-state index contributed by atoms with van der Waals surface area (Å²) in [6.07, 6.45) is 5.63. The number of hydrogen-bond donors (Lipinski definition) is 0. The molecule has 0 aliphatic carbocycles. The molecular weight excluding hydrogens is 302 g/mol. The molecule has 24 heavy (non-hydrogen) atoms. The van der Waals surface area contributed by atoms with Crippen LogP contribution >= 0.6 is 0 Å². The fraction of sp³-hybridized carbons (Fsp3) is 0.389. The molecule has 0 atom stereocenters. The summed E-state index contributed by atoms with van der Waals surface area (Å²) < 4.78 is 7.83. The van der Waals surface area contributed by atoms with E-state index in [-0.39, 0.29) is 0 Å². The molecule has 3 aromatic rings. The number of nitrogens with zero attached hydrogens (tertiary/aromatic N) is 5. The van der Waals surface area contributed by atoms with Crippen LogP contribution in [0.2, 0.25) is 0 Å². The van der Waals surface area contributed by atoms with Crippen molar-refractivity contribution in [2.24, 2.45) is 13.0 Å². The monoisotopic (exact) mass is 323 g/mol. The van der Waals surface area contributed by atoms with Gasteiger partial charge >= 0.3 is 0 Å². The van der Waals surface area contributed by atoms with Gasteiger partial charge in [0.2, 0.25) is 0 Å². The van der Waals surface area contributed by atoms with Crippen molar-refractivity contribution in [3.05, 3.63) is 43.0 Å². The Labute approximate surface area is 141 Å². The van der Waals surface area contributed by atoms with Crippen molar-refractivity contribution >= 4 is 17.0 Å². The first-order valence-corrected chi connectivity index (χ1v) is 8.36. The zero-order valence-electron chi connectivity index (χ0n) is 13.8. The Bertz CT molecular complexity index is 809. The van der Waals surface area contributed by atoms with Gasteiger partial charge in [-0.05, 0) is 30.9 Å². The highest BCUT2D eigenvalue weighted by Gasteiger charge is 2.23. The van der Waals surface area contributed by atoms with Gasteiger partial charge in [0.1, 0.15) is 12.1 Å². The van der Waals surface area contributed by atoms with Crippen molar-refractivity contribution in [2.45, 2.75) is 12.8 Å². The van der Waals surface area contributed by atoms with Gasteiger partial charge in [0.15, 0.2) is 17.0 Å². The molecular formula is C18H21N5O. The second-order valence-electron chi connectivity index (χ2n) is 6.28. The van der Waals surface area contributed by atoms with Gasteiger partial charge in [-0.15, -0.1) is 0 Å². The molecule has 0 N–H and O–H groups in total. The highest BCUT2D eigenvalue weighted by molar-refractivity contribution is 5.83. The fourth-order valence-corrected chi connectivity index (χ4v) is 3.21. The molecule has 2 aromatic heterocycles. The van der Waals surface area contributed by atoms with Crippen LogP contribution in [-0.4, -0.2) is 39.2 Å². The fourth-order valence-electron chi connectivity index (χ4n) is 3.21. The van der Waals surface area contributed by atoms with Crippen molar-refractivity contribution in [3.8, 4) is 5.75 Å². The van der Waals surface area contributed by atoms with Crippen molar-refractivity contribution in [2.75, 3.05) is 24.6 Å². The average molecular weight is 323 g/mol. The third-order valence-corrected chi connectivity index (χ3v) is 4.62. The predicted molar refractivity (Wildman–Crippen MR) is 93.2 cm³/mol. The molecule has 0 saturated carbocycles. The molecule has 1 saturated heterocycles. The Balaban J connectivity index is 1.39. The maximum atomic E-state index is 5.90. The molecule has 0 spiro atoms. The van der Waals surface area contributed by atoms with Gasteiger partial charge in [-0.2, -0.15) is 0 Å². The number of rotatable bonds is 4. The normalized spacial score (nSPS) is 15.8. The van der Waals surface area contributed by atoms with Crippen LogP contribution in [0.3, 0.4) is 0 Å². The van der Waals surface area contributed by atoms with E-state index in [4.69, 9.17) is 4.74 Å². The van der Waals surface area contributed by atoms with E-state index >= 15 is 0 Å². The van der Waals surface area contributed by atoms with Crippen LogP contribution in [0.5, 0.6) is 5.75 Å². The number of aryl methyl sites for hydroxylation is 1.